The molecule has 204 valence electrons. The third kappa shape index (κ3) is 7.45. The summed E-state index contributed by atoms with van der Waals surface area (Å²) in [4.78, 5) is 13.4. The van der Waals surface area contributed by atoms with Gasteiger partial charge in [-0.2, -0.15) is 4.68 Å². The lowest BCUT2D eigenvalue weighted by Crippen LogP contribution is -2.40. The van der Waals surface area contributed by atoms with E-state index >= 15 is 0 Å². The molecule has 1 N–H and O–H groups in total. The molecule has 0 saturated heterocycles. The molecule has 0 amide bonds. The molecule has 1 heterocycles. The number of hydrogen-bond acceptors (Lipinski definition) is 6. The van der Waals surface area contributed by atoms with Gasteiger partial charge in [0, 0.05) is 4.90 Å². The summed E-state index contributed by atoms with van der Waals surface area (Å²) in [5.41, 5.74) is 3.28. The summed E-state index contributed by atoms with van der Waals surface area (Å²) < 4.78 is 53.7. The molecule has 0 aliphatic carbocycles. The highest BCUT2D eigenvalue weighted by Crippen LogP contribution is 2.34. The standard InChI is InChI=1S/C27H23ClF3N3O4S/c1-3-37-26(35)25-23(34(33-32-25)15-17-4-9-20(36-2)10-5-17)16-39-21-11-6-18(7-12-21)19-8-13-24(22(28)14-19)38-27(29,30)31/h4-14H,3,15-16H2,1-2H3/p+1. The Morgan fingerprint density at radius 2 is 1.74 bits per heavy atom. The quantitative estimate of drug-likeness (QED) is 0.133. The van der Waals surface area contributed by atoms with Gasteiger partial charge in [0.05, 0.1) is 29.6 Å². The van der Waals surface area contributed by atoms with Gasteiger partial charge in [-0.15, -0.1) is 24.9 Å². The zero-order chi connectivity index (χ0) is 28.0. The molecule has 0 saturated carbocycles. The molecular formula is C27H24ClF3N3O4S+. The highest BCUT2D eigenvalue weighted by atomic mass is 35.5. The number of benzene rings is 3. The molecule has 0 aliphatic heterocycles. The van der Waals surface area contributed by atoms with Gasteiger partial charge in [0.2, 0.25) is 0 Å². The van der Waals surface area contributed by atoms with E-state index in [1.165, 1.54) is 30.0 Å². The Balaban J connectivity index is 1.50. The summed E-state index contributed by atoms with van der Waals surface area (Å²) in [6.45, 7) is 2.42. The molecule has 0 bridgehead atoms. The SMILES string of the molecule is CCOC(=O)c1n[nH][n+](Cc2ccc(OC)cc2)c1CSc1ccc(-c2ccc(OC(F)(F)F)c(Cl)c2)cc1. The maximum absolute atomic E-state index is 12.5. The first-order valence-electron chi connectivity index (χ1n) is 11.7. The molecule has 7 nitrogen and oxygen atoms in total. The molecule has 0 unspecified atom stereocenters. The van der Waals surface area contributed by atoms with Crippen molar-refractivity contribution in [2.45, 2.75) is 30.5 Å². The Kier molecular flexibility index (Phi) is 9.03. The van der Waals surface area contributed by atoms with Crippen molar-refractivity contribution in [1.82, 2.24) is 10.3 Å². The predicted octanol–water partition coefficient (Wildman–Crippen LogP) is 6.44. The average molecular weight is 579 g/mol. The predicted molar refractivity (Wildman–Crippen MR) is 140 cm³/mol. The highest BCUT2D eigenvalue weighted by Gasteiger charge is 2.32. The van der Waals surface area contributed by atoms with E-state index in [0.29, 0.717) is 23.6 Å². The van der Waals surface area contributed by atoms with Crippen molar-refractivity contribution in [3.63, 3.8) is 0 Å². The number of carbonyl (C=O) groups excluding carboxylic acids is 1. The van der Waals surface area contributed by atoms with Gasteiger partial charge in [0.15, 0.2) is 5.69 Å². The smallest absolute Gasteiger partial charge is 0.497 e. The number of hydrogen-bond donors (Lipinski definition) is 1. The summed E-state index contributed by atoms with van der Waals surface area (Å²) in [7, 11) is 1.60. The van der Waals surface area contributed by atoms with Crippen LogP contribution < -0.4 is 14.2 Å². The lowest BCUT2D eigenvalue weighted by atomic mass is 10.1. The lowest BCUT2D eigenvalue weighted by molar-refractivity contribution is -0.751. The average Bonchev–Trinajstić information content (AvgIpc) is 3.31. The first-order valence-corrected chi connectivity index (χ1v) is 13.1. The van der Waals surface area contributed by atoms with E-state index in [9.17, 15) is 18.0 Å². The Labute approximate surface area is 231 Å². The van der Waals surface area contributed by atoms with Crippen LogP contribution in [0.3, 0.4) is 0 Å². The first kappa shape index (κ1) is 28.3. The van der Waals surface area contributed by atoms with Crippen LogP contribution in [-0.2, 0) is 17.0 Å². The Morgan fingerprint density at radius 1 is 1.05 bits per heavy atom. The van der Waals surface area contributed by atoms with E-state index in [-0.39, 0.29) is 17.3 Å². The minimum atomic E-state index is -4.82. The molecule has 4 rings (SSSR count). The van der Waals surface area contributed by atoms with Crippen LogP contribution in [-0.4, -0.2) is 36.4 Å². The van der Waals surface area contributed by atoms with Crippen molar-refractivity contribution in [2.24, 2.45) is 0 Å². The fourth-order valence-corrected chi connectivity index (χ4v) is 4.84. The van der Waals surface area contributed by atoms with Crippen molar-refractivity contribution >= 4 is 29.3 Å². The summed E-state index contributed by atoms with van der Waals surface area (Å²) >= 11 is 7.48. The molecule has 39 heavy (non-hydrogen) atoms. The summed E-state index contributed by atoms with van der Waals surface area (Å²) in [6, 6.07) is 19.1. The van der Waals surface area contributed by atoms with Gasteiger partial charge in [-0.3, -0.25) is 0 Å². The number of ether oxygens (including phenoxy) is 3. The summed E-state index contributed by atoms with van der Waals surface area (Å²) in [5.74, 6) is 0.200. The zero-order valence-corrected chi connectivity index (χ0v) is 22.5. The maximum atomic E-state index is 12.5. The van der Waals surface area contributed by atoms with Crippen LogP contribution >= 0.6 is 23.4 Å². The normalized spacial score (nSPS) is 11.3. The van der Waals surface area contributed by atoms with E-state index in [2.05, 4.69) is 15.0 Å². The number of methoxy groups -OCH3 is 1. The minimum absolute atomic E-state index is 0.142. The van der Waals surface area contributed by atoms with Crippen LogP contribution in [0.5, 0.6) is 11.5 Å². The number of carbonyl (C=O) groups is 1. The van der Waals surface area contributed by atoms with Crippen LogP contribution in [0.2, 0.25) is 5.02 Å². The first-order chi connectivity index (χ1) is 18.7. The van der Waals surface area contributed by atoms with E-state index < -0.39 is 18.1 Å². The number of H-pyrrole nitrogens is 1. The number of aromatic nitrogens is 3. The van der Waals surface area contributed by atoms with Gasteiger partial charge in [0.1, 0.15) is 18.0 Å². The fraction of sp³-hybridized carbons (Fsp3) is 0.222. The Hall–Kier alpha value is -3.70. The van der Waals surface area contributed by atoms with Crippen LogP contribution in [0.4, 0.5) is 13.2 Å². The fourth-order valence-electron chi connectivity index (χ4n) is 3.70. The molecule has 12 heteroatoms. The third-order valence-corrected chi connectivity index (χ3v) is 6.89. The molecule has 0 aliphatic rings. The van der Waals surface area contributed by atoms with Gasteiger partial charge in [0.25, 0.3) is 0 Å². The second kappa shape index (κ2) is 12.4. The van der Waals surface area contributed by atoms with Crippen molar-refractivity contribution in [1.29, 1.82) is 0 Å². The number of halogens is 4. The number of alkyl halides is 3. The van der Waals surface area contributed by atoms with E-state index in [1.54, 1.807) is 18.7 Å². The highest BCUT2D eigenvalue weighted by molar-refractivity contribution is 7.98. The molecule has 3 aromatic carbocycles. The Bertz CT molecular complexity index is 1430. The van der Waals surface area contributed by atoms with Gasteiger partial charge >= 0.3 is 18.0 Å². The number of rotatable bonds is 10. The second-order valence-electron chi connectivity index (χ2n) is 8.17. The van der Waals surface area contributed by atoms with Gasteiger partial charge in [-0.05, 0) is 60.0 Å². The molecule has 1 aromatic heterocycles. The second-order valence-corrected chi connectivity index (χ2v) is 9.62. The van der Waals surface area contributed by atoms with Gasteiger partial charge in [-0.25, -0.2) is 4.79 Å². The molecule has 4 aromatic rings. The minimum Gasteiger partial charge on any atom is -0.497 e. The number of nitrogens with zero attached hydrogens (tertiary/aromatic N) is 2. The zero-order valence-electron chi connectivity index (χ0n) is 20.9. The lowest BCUT2D eigenvalue weighted by Gasteiger charge is -2.11. The van der Waals surface area contributed by atoms with E-state index in [0.717, 1.165) is 21.8 Å². The van der Waals surface area contributed by atoms with Crippen LogP contribution in [0.25, 0.3) is 11.1 Å². The molecule has 0 radical (unpaired) electrons. The van der Waals surface area contributed by atoms with Gasteiger partial charge < -0.3 is 14.2 Å². The van der Waals surface area contributed by atoms with Crippen LogP contribution in [0.1, 0.15) is 28.7 Å². The topological polar surface area (TPSA) is 77.3 Å². The van der Waals surface area contributed by atoms with Gasteiger partial charge in [-0.1, -0.05) is 47.1 Å². The van der Waals surface area contributed by atoms with Crippen molar-refractivity contribution in [3.05, 3.63) is 88.7 Å². The van der Waals surface area contributed by atoms with E-state index in [4.69, 9.17) is 21.1 Å². The van der Waals surface area contributed by atoms with Crippen LogP contribution in [0, 0.1) is 0 Å². The van der Waals surface area contributed by atoms with Crippen LogP contribution in [0.15, 0.2) is 71.6 Å². The Morgan fingerprint density at radius 3 is 2.36 bits per heavy atom. The van der Waals surface area contributed by atoms with Crippen molar-refractivity contribution < 1.29 is 36.9 Å². The monoisotopic (exact) mass is 578 g/mol. The van der Waals surface area contributed by atoms with Crippen molar-refractivity contribution in [3.8, 4) is 22.6 Å². The molecule has 0 atom stereocenters. The third-order valence-electron chi connectivity index (χ3n) is 5.57. The molecule has 0 fully saturated rings. The van der Waals surface area contributed by atoms with E-state index in [1.807, 2.05) is 48.5 Å². The number of thioether (sulfide) groups is 1. The number of nitrogens with one attached hydrogen (secondary N) is 1. The largest absolute Gasteiger partial charge is 0.573 e. The molecular weight excluding hydrogens is 555 g/mol. The van der Waals surface area contributed by atoms with Crippen molar-refractivity contribution in [2.75, 3.05) is 13.7 Å². The number of aromatic amines is 1. The summed E-state index contributed by atoms with van der Waals surface area (Å²) in [5, 5.41) is 6.97. The molecule has 0 spiro atoms. The maximum Gasteiger partial charge on any atom is 0.573 e. The number of esters is 1. The summed E-state index contributed by atoms with van der Waals surface area (Å²) in [6.07, 6.45) is -4.82.